The molecule has 0 N–H and O–H groups in total. The number of rotatable bonds is 19. The largest absolute Gasteiger partial charge is 0.162 e. The van der Waals surface area contributed by atoms with Gasteiger partial charge in [-0.05, 0) is 48.7 Å². The van der Waals surface area contributed by atoms with E-state index in [1.165, 1.54) is 113 Å². The molecular formula is C20H42S2. The van der Waals surface area contributed by atoms with E-state index in [2.05, 4.69) is 37.4 Å². The molecule has 0 amide bonds. The van der Waals surface area contributed by atoms with Gasteiger partial charge in [0, 0.05) is 0 Å². The SMILES string of the molecule is CCCCSCCCCCCCCCCCCSCCCC. The standard InChI is InChI=1S/C20H42S2/c1-3-5-17-21-19-15-13-11-9-7-8-10-12-14-16-20-22-18-6-4-2/h3-20H2,1-2H3. The lowest BCUT2D eigenvalue weighted by Crippen LogP contribution is -1.86. The van der Waals surface area contributed by atoms with Gasteiger partial charge in [-0.2, -0.15) is 23.5 Å². The minimum Gasteiger partial charge on any atom is -0.162 e. The summed E-state index contributed by atoms with van der Waals surface area (Å²) < 4.78 is 0. The summed E-state index contributed by atoms with van der Waals surface area (Å²) in [6.45, 7) is 4.57. The Balaban J connectivity index is 2.91. The fourth-order valence-corrected chi connectivity index (χ4v) is 4.73. The van der Waals surface area contributed by atoms with Crippen LogP contribution in [0, 0.1) is 0 Å². The third-order valence-electron chi connectivity index (χ3n) is 4.11. The van der Waals surface area contributed by atoms with Gasteiger partial charge in [-0.3, -0.25) is 0 Å². The van der Waals surface area contributed by atoms with Gasteiger partial charge < -0.3 is 0 Å². The molecule has 134 valence electrons. The van der Waals surface area contributed by atoms with Crippen LogP contribution in [0.3, 0.4) is 0 Å². The highest BCUT2D eigenvalue weighted by Crippen LogP contribution is 2.14. The average molecular weight is 347 g/mol. The van der Waals surface area contributed by atoms with E-state index in [9.17, 15) is 0 Å². The fourth-order valence-electron chi connectivity index (χ4n) is 2.52. The highest BCUT2D eigenvalue weighted by atomic mass is 32.2. The second-order valence-corrected chi connectivity index (χ2v) is 8.92. The Labute approximate surface area is 150 Å². The maximum absolute atomic E-state index is 2.28. The molecule has 0 spiro atoms. The fraction of sp³-hybridized carbons (Fsp3) is 1.00. The number of hydrogen-bond donors (Lipinski definition) is 0. The van der Waals surface area contributed by atoms with E-state index in [-0.39, 0.29) is 0 Å². The molecule has 0 aromatic heterocycles. The van der Waals surface area contributed by atoms with Crippen LogP contribution in [-0.2, 0) is 0 Å². The van der Waals surface area contributed by atoms with Gasteiger partial charge in [-0.1, -0.05) is 78.1 Å². The highest BCUT2D eigenvalue weighted by molar-refractivity contribution is 7.99. The molecule has 0 fully saturated rings. The zero-order valence-electron chi connectivity index (χ0n) is 15.5. The molecule has 22 heavy (non-hydrogen) atoms. The monoisotopic (exact) mass is 346 g/mol. The van der Waals surface area contributed by atoms with E-state index in [0.717, 1.165) is 0 Å². The second-order valence-electron chi connectivity index (χ2n) is 6.47. The van der Waals surface area contributed by atoms with Gasteiger partial charge in [0.25, 0.3) is 0 Å². The van der Waals surface area contributed by atoms with Gasteiger partial charge in [-0.25, -0.2) is 0 Å². The molecule has 0 aliphatic heterocycles. The Morgan fingerprint density at radius 3 is 0.955 bits per heavy atom. The van der Waals surface area contributed by atoms with Crippen molar-refractivity contribution < 1.29 is 0 Å². The van der Waals surface area contributed by atoms with Crippen LogP contribution in [0.2, 0.25) is 0 Å². The second kappa shape index (κ2) is 21.7. The molecule has 0 heterocycles. The summed E-state index contributed by atoms with van der Waals surface area (Å²) in [6, 6.07) is 0. The molecule has 0 rings (SSSR count). The molecule has 0 aromatic carbocycles. The molecule has 0 bridgehead atoms. The third-order valence-corrected chi connectivity index (χ3v) is 6.42. The first-order chi connectivity index (χ1) is 10.9. The number of thioether (sulfide) groups is 2. The van der Waals surface area contributed by atoms with E-state index in [0.29, 0.717) is 0 Å². The van der Waals surface area contributed by atoms with Gasteiger partial charge in [0.2, 0.25) is 0 Å². The van der Waals surface area contributed by atoms with Crippen molar-refractivity contribution in [3.05, 3.63) is 0 Å². The topological polar surface area (TPSA) is 0 Å². The molecule has 0 aliphatic rings. The Bertz CT molecular complexity index is 163. The van der Waals surface area contributed by atoms with Crippen LogP contribution in [0.15, 0.2) is 0 Å². The average Bonchev–Trinajstić information content (AvgIpc) is 2.54. The van der Waals surface area contributed by atoms with E-state index in [1.807, 2.05) is 0 Å². The molecule has 0 aliphatic carbocycles. The summed E-state index contributed by atoms with van der Waals surface area (Å²) in [5.74, 6) is 5.56. The summed E-state index contributed by atoms with van der Waals surface area (Å²) in [7, 11) is 0. The van der Waals surface area contributed by atoms with Crippen molar-refractivity contribution in [2.24, 2.45) is 0 Å². The number of hydrogen-bond acceptors (Lipinski definition) is 2. The summed E-state index contributed by atoms with van der Waals surface area (Å²) >= 11 is 4.32. The van der Waals surface area contributed by atoms with Crippen molar-refractivity contribution in [1.29, 1.82) is 0 Å². The molecule has 0 radical (unpaired) electrons. The van der Waals surface area contributed by atoms with E-state index in [4.69, 9.17) is 0 Å². The highest BCUT2D eigenvalue weighted by Gasteiger charge is 1.94. The molecule has 0 aromatic rings. The minimum atomic E-state index is 1.35. The molecule has 2 heteroatoms. The zero-order chi connectivity index (χ0) is 16.1. The van der Waals surface area contributed by atoms with Crippen LogP contribution < -0.4 is 0 Å². The normalized spacial score (nSPS) is 11.2. The van der Waals surface area contributed by atoms with Gasteiger partial charge >= 0.3 is 0 Å². The maximum Gasteiger partial charge on any atom is -0.00675 e. The predicted octanol–water partition coefficient (Wildman–Crippen LogP) is 7.95. The van der Waals surface area contributed by atoms with Crippen molar-refractivity contribution in [2.75, 3.05) is 23.0 Å². The summed E-state index contributed by atoms with van der Waals surface area (Å²) in [5, 5.41) is 0. The maximum atomic E-state index is 2.28. The Morgan fingerprint density at radius 1 is 0.364 bits per heavy atom. The molecule has 0 saturated heterocycles. The lowest BCUT2D eigenvalue weighted by molar-refractivity contribution is 0.564. The molecule has 0 nitrogen and oxygen atoms in total. The van der Waals surface area contributed by atoms with Crippen molar-refractivity contribution in [1.82, 2.24) is 0 Å². The lowest BCUT2D eigenvalue weighted by Gasteiger charge is -2.03. The molecular weight excluding hydrogens is 304 g/mol. The van der Waals surface area contributed by atoms with Crippen molar-refractivity contribution in [3.8, 4) is 0 Å². The quantitative estimate of drug-likeness (QED) is 0.218. The van der Waals surface area contributed by atoms with Crippen LogP contribution >= 0.6 is 23.5 Å². The van der Waals surface area contributed by atoms with Crippen molar-refractivity contribution >= 4 is 23.5 Å². The molecule has 0 saturated carbocycles. The van der Waals surface area contributed by atoms with Crippen LogP contribution in [0.5, 0.6) is 0 Å². The van der Waals surface area contributed by atoms with Gasteiger partial charge in [0.15, 0.2) is 0 Å². The van der Waals surface area contributed by atoms with Gasteiger partial charge in [0.1, 0.15) is 0 Å². The predicted molar refractivity (Wildman–Crippen MR) is 111 cm³/mol. The zero-order valence-corrected chi connectivity index (χ0v) is 17.2. The molecule has 0 unspecified atom stereocenters. The smallest absolute Gasteiger partial charge is 0.00675 e. The Kier molecular flexibility index (Phi) is 22.4. The first-order valence-corrected chi connectivity index (χ1v) is 12.4. The van der Waals surface area contributed by atoms with Crippen LogP contribution in [-0.4, -0.2) is 23.0 Å². The first kappa shape index (κ1) is 22.7. The van der Waals surface area contributed by atoms with Crippen LogP contribution in [0.4, 0.5) is 0 Å². The van der Waals surface area contributed by atoms with Gasteiger partial charge in [0.05, 0.1) is 0 Å². The molecule has 0 atom stereocenters. The Hall–Kier alpha value is 0.700. The van der Waals surface area contributed by atoms with Gasteiger partial charge in [-0.15, -0.1) is 0 Å². The summed E-state index contributed by atoms with van der Waals surface area (Å²) in [6.07, 6.45) is 20.2. The van der Waals surface area contributed by atoms with Crippen LogP contribution in [0.1, 0.15) is 104 Å². The van der Waals surface area contributed by atoms with E-state index < -0.39 is 0 Å². The van der Waals surface area contributed by atoms with E-state index in [1.54, 1.807) is 0 Å². The lowest BCUT2D eigenvalue weighted by atomic mass is 10.1. The van der Waals surface area contributed by atoms with Crippen LogP contribution in [0.25, 0.3) is 0 Å². The first-order valence-electron chi connectivity index (χ1n) is 10.1. The third kappa shape index (κ3) is 20.7. The minimum absolute atomic E-state index is 1.35. The van der Waals surface area contributed by atoms with Crippen molar-refractivity contribution in [2.45, 2.75) is 104 Å². The number of unbranched alkanes of at least 4 members (excludes halogenated alkanes) is 11. The van der Waals surface area contributed by atoms with Crippen molar-refractivity contribution in [3.63, 3.8) is 0 Å². The summed E-state index contributed by atoms with van der Waals surface area (Å²) in [4.78, 5) is 0. The summed E-state index contributed by atoms with van der Waals surface area (Å²) in [5.41, 5.74) is 0. The van der Waals surface area contributed by atoms with E-state index >= 15 is 0 Å². The Morgan fingerprint density at radius 2 is 0.636 bits per heavy atom.